The van der Waals surface area contributed by atoms with E-state index in [9.17, 15) is 19.2 Å². The average molecular weight is 575 g/mol. The number of hydrogen-bond donors (Lipinski definition) is 1. The maximum Gasteiger partial charge on any atom is 0.247 e. The Bertz CT molecular complexity index is 1630. The molecule has 1 N–H and O–H groups in total. The first-order valence-electron chi connectivity index (χ1n) is 14.1. The molecule has 0 fully saturated rings. The van der Waals surface area contributed by atoms with Crippen molar-refractivity contribution in [3.63, 3.8) is 0 Å². The van der Waals surface area contributed by atoms with Crippen molar-refractivity contribution in [2.24, 2.45) is 5.41 Å². The molecule has 8 nitrogen and oxygen atoms in total. The predicted molar refractivity (Wildman–Crippen MR) is 168 cm³/mol. The Kier molecular flexibility index (Phi) is 8.50. The van der Waals surface area contributed by atoms with Gasteiger partial charge in [0, 0.05) is 11.4 Å². The number of carbonyl (C=O) groups excluding carboxylic acids is 4. The second kappa shape index (κ2) is 12.4. The third kappa shape index (κ3) is 5.96. The number of Topliss-reactive ketones (excluding diaryl/α,β-unsaturated/α-hetero) is 1. The minimum atomic E-state index is -1.83. The van der Waals surface area contributed by atoms with E-state index in [4.69, 9.17) is 0 Å². The predicted octanol–water partition coefficient (Wildman–Crippen LogP) is 5.61. The van der Waals surface area contributed by atoms with Crippen LogP contribution in [0.25, 0.3) is 0 Å². The molecular weight excluding hydrogens is 540 g/mol. The molecule has 0 spiro atoms. The number of anilines is 4. The van der Waals surface area contributed by atoms with E-state index in [1.807, 2.05) is 56.6 Å². The van der Waals surface area contributed by atoms with Crippen LogP contribution in [0.2, 0.25) is 0 Å². The van der Waals surface area contributed by atoms with Crippen molar-refractivity contribution >= 4 is 46.3 Å². The summed E-state index contributed by atoms with van der Waals surface area (Å²) in [5, 5.41) is 2.81. The summed E-state index contributed by atoms with van der Waals surface area (Å²) in [5.74, 6) is -1.89. The van der Waals surface area contributed by atoms with Gasteiger partial charge < -0.3 is 10.2 Å². The third-order valence-electron chi connectivity index (χ3n) is 7.64. The van der Waals surface area contributed by atoms with E-state index in [0.717, 1.165) is 5.56 Å². The summed E-state index contributed by atoms with van der Waals surface area (Å²) in [6.45, 7) is 1.20. The van der Waals surface area contributed by atoms with E-state index in [0.29, 0.717) is 22.7 Å². The van der Waals surface area contributed by atoms with Crippen LogP contribution in [-0.2, 0) is 19.2 Å². The van der Waals surface area contributed by atoms with Gasteiger partial charge in [0.1, 0.15) is 5.41 Å². The fraction of sp³-hybridized carbons (Fsp3) is 0.200. The minimum Gasteiger partial charge on any atom is -0.326 e. The fourth-order valence-corrected chi connectivity index (χ4v) is 5.58. The Hall–Kier alpha value is -5.08. The van der Waals surface area contributed by atoms with Crippen LogP contribution in [0.3, 0.4) is 0 Å². The quantitative estimate of drug-likeness (QED) is 0.263. The molecule has 0 radical (unpaired) electrons. The highest BCUT2D eigenvalue weighted by Gasteiger charge is 2.52. The summed E-state index contributed by atoms with van der Waals surface area (Å²) in [6, 6.07) is 33.6. The molecule has 1 aliphatic rings. The lowest BCUT2D eigenvalue weighted by molar-refractivity contribution is -0.142. The largest absolute Gasteiger partial charge is 0.326 e. The van der Waals surface area contributed by atoms with Crippen molar-refractivity contribution < 1.29 is 19.2 Å². The lowest BCUT2D eigenvalue weighted by Gasteiger charge is -2.32. The van der Waals surface area contributed by atoms with Crippen LogP contribution in [0.1, 0.15) is 24.9 Å². The number of carbonyl (C=O) groups is 4. The van der Waals surface area contributed by atoms with Gasteiger partial charge >= 0.3 is 0 Å². The van der Waals surface area contributed by atoms with E-state index in [1.54, 1.807) is 77.7 Å². The maximum atomic E-state index is 14.6. The molecule has 43 heavy (non-hydrogen) atoms. The Labute approximate surface area is 251 Å². The van der Waals surface area contributed by atoms with Gasteiger partial charge in [0.15, 0.2) is 5.78 Å². The Morgan fingerprint density at radius 3 is 1.88 bits per heavy atom. The van der Waals surface area contributed by atoms with Gasteiger partial charge in [0.2, 0.25) is 17.7 Å². The molecule has 4 aromatic rings. The standard InChI is InChI=1S/C35H34N4O4/c1-35(23-31(41)36-26-17-9-5-10-18-26)33(42)38(24-30(40)32(37(2)3)25-15-7-4-8-16-25)28-21-13-14-22-29(28)39(34(35)43)27-19-11-6-12-20-27/h4-22,32H,23-24H2,1-3H3,(H,36,41). The number of ketones is 1. The lowest BCUT2D eigenvalue weighted by Crippen LogP contribution is -2.52. The van der Waals surface area contributed by atoms with Gasteiger partial charge in [-0.25, -0.2) is 0 Å². The smallest absolute Gasteiger partial charge is 0.247 e. The summed E-state index contributed by atoms with van der Waals surface area (Å²) < 4.78 is 0. The molecule has 2 unspecified atom stereocenters. The van der Waals surface area contributed by atoms with Crippen LogP contribution in [0.15, 0.2) is 115 Å². The van der Waals surface area contributed by atoms with Gasteiger partial charge in [-0.05, 0) is 63.0 Å². The van der Waals surface area contributed by atoms with Crippen molar-refractivity contribution in [2.45, 2.75) is 19.4 Å². The number of amides is 3. The maximum absolute atomic E-state index is 14.6. The van der Waals surface area contributed by atoms with Gasteiger partial charge in [-0.2, -0.15) is 0 Å². The number of fused-ring (bicyclic) bond motifs is 1. The van der Waals surface area contributed by atoms with Crippen LogP contribution in [0.5, 0.6) is 0 Å². The molecule has 5 rings (SSSR count). The first kappa shape index (κ1) is 29.4. The van der Waals surface area contributed by atoms with Crippen LogP contribution in [0, 0.1) is 5.41 Å². The van der Waals surface area contributed by atoms with Gasteiger partial charge in [0.05, 0.1) is 30.4 Å². The summed E-state index contributed by atoms with van der Waals surface area (Å²) in [7, 11) is 3.62. The molecular formula is C35H34N4O4. The summed E-state index contributed by atoms with van der Waals surface area (Å²) in [6.07, 6.45) is -0.419. The Balaban J connectivity index is 1.60. The number of rotatable bonds is 9. The molecule has 4 aromatic carbocycles. The zero-order chi connectivity index (χ0) is 30.6. The van der Waals surface area contributed by atoms with Crippen molar-refractivity contribution in [2.75, 3.05) is 35.8 Å². The molecule has 0 aromatic heterocycles. The van der Waals surface area contributed by atoms with E-state index in [-0.39, 0.29) is 12.3 Å². The highest BCUT2D eigenvalue weighted by atomic mass is 16.2. The number of hydrogen-bond acceptors (Lipinski definition) is 5. The molecule has 0 saturated carbocycles. The van der Waals surface area contributed by atoms with Crippen LogP contribution in [-0.4, -0.2) is 49.0 Å². The van der Waals surface area contributed by atoms with E-state index < -0.39 is 35.6 Å². The number of nitrogens with zero attached hydrogens (tertiary/aromatic N) is 3. The molecule has 218 valence electrons. The van der Waals surface area contributed by atoms with Crippen LogP contribution in [0.4, 0.5) is 22.7 Å². The van der Waals surface area contributed by atoms with Gasteiger partial charge in [-0.3, -0.25) is 29.0 Å². The molecule has 2 atom stereocenters. The van der Waals surface area contributed by atoms with E-state index in [2.05, 4.69) is 5.32 Å². The number of benzene rings is 4. The molecule has 0 aliphatic carbocycles. The second-order valence-electron chi connectivity index (χ2n) is 11.0. The van der Waals surface area contributed by atoms with Crippen molar-refractivity contribution in [1.29, 1.82) is 0 Å². The monoisotopic (exact) mass is 574 g/mol. The van der Waals surface area contributed by atoms with Crippen molar-refractivity contribution in [3.8, 4) is 0 Å². The highest BCUT2D eigenvalue weighted by Crippen LogP contribution is 2.44. The molecule has 1 heterocycles. The topological polar surface area (TPSA) is 90.0 Å². The molecule has 8 heteroatoms. The van der Waals surface area contributed by atoms with Gasteiger partial charge in [-0.1, -0.05) is 78.9 Å². The molecule has 3 amide bonds. The lowest BCUT2D eigenvalue weighted by atomic mass is 9.82. The van der Waals surface area contributed by atoms with Gasteiger partial charge in [0.25, 0.3) is 0 Å². The first-order valence-corrected chi connectivity index (χ1v) is 14.1. The minimum absolute atomic E-state index is 0.226. The second-order valence-corrected chi connectivity index (χ2v) is 11.0. The molecule has 0 bridgehead atoms. The summed E-state index contributed by atoms with van der Waals surface area (Å²) in [4.78, 5) is 61.2. The highest BCUT2D eigenvalue weighted by molar-refractivity contribution is 6.25. The zero-order valence-corrected chi connectivity index (χ0v) is 24.4. The van der Waals surface area contributed by atoms with Crippen LogP contribution >= 0.6 is 0 Å². The summed E-state index contributed by atoms with van der Waals surface area (Å²) >= 11 is 0. The molecule has 1 aliphatic heterocycles. The first-order chi connectivity index (χ1) is 20.7. The van der Waals surface area contributed by atoms with Gasteiger partial charge in [-0.15, -0.1) is 0 Å². The number of para-hydroxylation sites is 4. The van der Waals surface area contributed by atoms with E-state index in [1.165, 1.54) is 16.7 Å². The SMILES string of the molecule is CN(C)C(C(=O)CN1C(=O)C(C)(CC(=O)Nc2ccccc2)C(=O)N(c2ccccc2)c2ccccc21)c1ccccc1. The Morgan fingerprint density at radius 2 is 1.28 bits per heavy atom. The molecule has 0 saturated heterocycles. The van der Waals surface area contributed by atoms with E-state index >= 15 is 0 Å². The van der Waals surface area contributed by atoms with Crippen molar-refractivity contribution in [1.82, 2.24) is 4.90 Å². The summed E-state index contributed by atoms with van der Waals surface area (Å²) in [5.41, 5.74) is 0.931. The van der Waals surface area contributed by atoms with Crippen molar-refractivity contribution in [3.05, 3.63) is 121 Å². The number of likely N-dealkylation sites (N-methyl/N-ethyl adjacent to an activating group) is 1. The normalized spacial score (nSPS) is 17.3. The number of nitrogens with one attached hydrogen (secondary N) is 1. The average Bonchev–Trinajstić information content (AvgIpc) is 3.06. The Morgan fingerprint density at radius 1 is 0.744 bits per heavy atom. The third-order valence-corrected chi connectivity index (χ3v) is 7.64. The zero-order valence-electron chi connectivity index (χ0n) is 24.4. The fourth-order valence-electron chi connectivity index (χ4n) is 5.58. The van der Waals surface area contributed by atoms with Crippen LogP contribution < -0.4 is 15.1 Å².